The lowest BCUT2D eigenvalue weighted by Crippen LogP contribution is -2.39. The van der Waals surface area contributed by atoms with Crippen LogP contribution in [0.1, 0.15) is 69.1 Å². The van der Waals surface area contributed by atoms with Crippen LogP contribution in [0.25, 0.3) is 0 Å². The summed E-state index contributed by atoms with van der Waals surface area (Å²) < 4.78 is 13.2. The van der Waals surface area contributed by atoms with E-state index in [9.17, 15) is 0 Å². The molecule has 2 heteroatoms. The van der Waals surface area contributed by atoms with Gasteiger partial charge >= 0.3 is 0 Å². The molecule has 0 N–H and O–H groups in total. The molecule has 0 saturated carbocycles. The van der Waals surface area contributed by atoms with Crippen molar-refractivity contribution in [2.75, 3.05) is 0 Å². The maximum Gasteiger partial charge on any atom is 0.0952 e. The molecule has 3 saturated heterocycles. The molecule has 4 rings (SSSR count). The minimum atomic E-state index is 0.0352. The van der Waals surface area contributed by atoms with E-state index in [-0.39, 0.29) is 17.3 Å². The lowest BCUT2D eigenvalue weighted by molar-refractivity contribution is -0.103. The highest BCUT2D eigenvalue weighted by atomic mass is 16.6. The third-order valence-electron chi connectivity index (χ3n) is 6.14. The molecule has 0 aromatic heterocycles. The average molecular weight is 286 g/mol. The fourth-order valence-electron chi connectivity index (χ4n) is 4.80. The van der Waals surface area contributed by atoms with Crippen molar-refractivity contribution in [1.29, 1.82) is 0 Å². The quantitative estimate of drug-likeness (QED) is 0.784. The Hall–Kier alpha value is -0.860. The second-order valence-electron chi connectivity index (χ2n) is 7.27. The van der Waals surface area contributed by atoms with Crippen LogP contribution in [0.5, 0.6) is 0 Å². The first-order valence-electron chi connectivity index (χ1n) is 8.58. The van der Waals surface area contributed by atoms with Crippen molar-refractivity contribution in [2.45, 2.75) is 82.2 Å². The van der Waals surface area contributed by atoms with Gasteiger partial charge in [-0.25, -0.2) is 0 Å². The van der Waals surface area contributed by atoms with Gasteiger partial charge in [0.25, 0.3) is 0 Å². The number of rotatable bonds is 2. The number of hydrogen-bond donors (Lipinski definition) is 0. The van der Waals surface area contributed by atoms with E-state index in [0.29, 0.717) is 6.10 Å². The van der Waals surface area contributed by atoms with Gasteiger partial charge in [0.05, 0.1) is 23.4 Å². The number of aryl methyl sites for hydroxylation is 1. The van der Waals surface area contributed by atoms with Crippen molar-refractivity contribution >= 4 is 0 Å². The molecule has 1 spiro atoms. The molecule has 0 radical (unpaired) electrons. The third kappa shape index (κ3) is 2.07. The maximum absolute atomic E-state index is 6.63. The van der Waals surface area contributed by atoms with Crippen molar-refractivity contribution in [2.24, 2.45) is 0 Å². The van der Waals surface area contributed by atoms with Crippen LogP contribution in [-0.2, 0) is 9.47 Å². The van der Waals surface area contributed by atoms with E-state index in [1.165, 1.54) is 36.8 Å². The molecule has 3 aliphatic rings. The zero-order valence-corrected chi connectivity index (χ0v) is 13.2. The topological polar surface area (TPSA) is 18.5 Å². The first-order valence-corrected chi connectivity index (χ1v) is 8.58. The van der Waals surface area contributed by atoms with Gasteiger partial charge in [0, 0.05) is 6.42 Å². The van der Waals surface area contributed by atoms with Crippen molar-refractivity contribution in [1.82, 2.24) is 0 Å². The molecule has 3 fully saturated rings. The Labute approximate surface area is 127 Å². The Kier molecular flexibility index (Phi) is 3.16. The molecule has 4 atom stereocenters. The van der Waals surface area contributed by atoms with Gasteiger partial charge in [-0.2, -0.15) is 0 Å². The summed E-state index contributed by atoms with van der Waals surface area (Å²) >= 11 is 0. The molecule has 1 aromatic carbocycles. The second-order valence-corrected chi connectivity index (χ2v) is 7.27. The minimum Gasteiger partial charge on any atom is -0.367 e. The molecule has 2 bridgehead atoms. The van der Waals surface area contributed by atoms with Gasteiger partial charge in [-0.1, -0.05) is 31.2 Å². The highest BCUT2D eigenvalue weighted by Gasteiger charge is 2.61. The maximum atomic E-state index is 6.63. The molecule has 1 aromatic rings. The monoisotopic (exact) mass is 286 g/mol. The Morgan fingerprint density at radius 2 is 2.05 bits per heavy atom. The summed E-state index contributed by atoms with van der Waals surface area (Å²) in [4.78, 5) is 0. The van der Waals surface area contributed by atoms with Crippen molar-refractivity contribution in [3.05, 3.63) is 35.4 Å². The first kappa shape index (κ1) is 13.8. The van der Waals surface area contributed by atoms with Gasteiger partial charge in [-0.15, -0.1) is 0 Å². The van der Waals surface area contributed by atoms with Crippen molar-refractivity contribution in [3.8, 4) is 0 Å². The van der Waals surface area contributed by atoms with Crippen LogP contribution in [0.2, 0.25) is 0 Å². The molecule has 4 unspecified atom stereocenters. The predicted octanol–water partition coefficient (Wildman–Crippen LogP) is 4.71. The van der Waals surface area contributed by atoms with Crippen LogP contribution in [0, 0.1) is 6.92 Å². The summed E-state index contributed by atoms with van der Waals surface area (Å²) in [5.41, 5.74) is 2.89. The van der Waals surface area contributed by atoms with Gasteiger partial charge in [0.1, 0.15) is 0 Å². The molecular weight excluding hydrogens is 260 g/mol. The van der Waals surface area contributed by atoms with Gasteiger partial charge in [-0.3, -0.25) is 0 Å². The van der Waals surface area contributed by atoms with Crippen LogP contribution >= 0.6 is 0 Å². The Morgan fingerprint density at radius 1 is 1.19 bits per heavy atom. The Bertz CT molecular complexity index is 540. The van der Waals surface area contributed by atoms with Crippen LogP contribution in [0.3, 0.4) is 0 Å². The summed E-state index contributed by atoms with van der Waals surface area (Å²) in [6, 6.07) is 8.69. The third-order valence-corrected chi connectivity index (χ3v) is 6.14. The Morgan fingerprint density at radius 3 is 2.86 bits per heavy atom. The van der Waals surface area contributed by atoms with E-state index in [4.69, 9.17) is 9.47 Å². The lowest BCUT2D eigenvalue weighted by atomic mass is 9.77. The van der Waals surface area contributed by atoms with Crippen molar-refractivity contribution in [3.63, 3.8) is 0 Å². The number of benzene rings is 1. The summed E-state index contributed by atoms with van der Waals surface area (Å²) in [6.07, 6.45) is 8.76. The molecule has 0 aliphatic carbocycles. The second kappa shape index (κ2) is 4.82. The SMILES string of the molecule is CCC12CCC3(CCCC(c4ccccc4C)OC3C1)O2. The number of fused-ring (bicyclic) bond motifs is 1. The highest BCUT2D eigenvalue weighted by molar-refractivity contribution is 5.28. The lowest BCUT2D eigenvalue weighted by Gasteiger charge is -2.32. The van der Waals surface area contributed by atoms with Gasteiger partial charge in [0.15, 0.2) is 0 Å². The van der Waals surface area contributed by atoms with E-state index in [0.717, 1.165) is 19.3 Å². The van der Waals surface area contributed by atoms with Crippen LogP contribution < -0.4 is 0 Å². The van der Waals surface area contributed by atoms with Gasteiger partial charge in [0.2, 0.25) is 0 Å². The number of hydrogen-bond acceptors (Lipinski definition) is 2. The van der Waals surface area contributed by atoms with E-state index in [1.807, 2.05) is 0 Å². The summed E-state index contributed by atoms with van der Waals surface area (Å²) in [5.74, 6) is 0. The van der Waals surface area contributed by atoms with E-state index >= 15 is 0 Å². The Balaban J connectivity index is 1.62. The van der Waals surface area contributed by atoms with E-state index < -0.39 is 0 Å². The van der Waals surface area contributed by atoms with Crippen LogP contribution in [0.4, 0.5) is 0 Å². The smallest absolute Gasteiger partial charge is 0.0952 e. The van der Waals surface area contributed by atoms with Crippen LogP contribution in [-0.4, -0.2) is 17.3 Å². The average Bonchev–Trinajstić information content (AvgIpc) is 2.94. The molecule has 21 heavy (non-hydrogen) atoms. The molecule has 3 aliphatic heterocycles. The molecule has 2 nitrogen and oxygen atoms in total. The van der Waals surface area contributed by atoms with Gasteiger partial charge in [-0.05, 0) is 56.6 Å². The van der Waals surface area contributed by atoms with E-state index in [1.54, 1.807) is 0 Å². The predicted molar refractivity (Wildman–Crippen MR) is 83.3 cm³/mol. The minimum absolute atomic E-state index is 0.0352. The van der Waals surface area contributed by atoms with Gasteiger partial charge < -0.3 is 9.47 Å². The number of ether oxygens (including phenoxy) is 2. The van der Waals surface area contributed by atoms with E-state index in [2.05, 4.69) is 38.1 Å². The molecular formula is C19H26O2. The summed E-state index contributed by atoms with van der Waals surface area (Å²) in [6.45, 7) is 4.47. The fraction of sp³-hybridized carbons (Fsp3) is 0.684. The van der Waals surface area contributed by atoms with Crippen LogP contribution in [0.15, 0.2) is 24.3 Å². The normalized spacial score (nSPS) is 41.8. The molecule has 0 amide bonds. The summed E-state index contributed by atoms with van der Waals surface area (Å²) in [7, 11) is 0. The van der Waals surface area contributed by atoms with Crippen molar-refractivity contribution < 1.29 is 9.47 Å². The fourth-order valence-corrected chi connectivity index (χ4v) is 4.80. The highest BCUT2D eigenvalue weighted by Crippen LogP contribution is 2.57. The summed E-state index contributed by atoms with van der Waals surface area (Å²) in [5, 5.41) is 0. The largest absolute Gasteiger partial charge is 0.367 e. The molecule has 3 heterocycles. The molecule has 114 valence electrons. The first-order chi connectivity index (χ1) is 10.2. The zero-order chi connectivity index (χ0) is 14.5. The standard InChI is InChI=1S/C19H26O2/c1-3-18-11-12-19(21-18)10-6-9-16(20-17(19)13-18)15-8-5-4-7-14(15)2/h4-5,7-8,16-17H,3,6,9-13H2,1-2H3. The zero-order valence-electron chi connectivity index (χ0n) is 13.2.